The monoisotopic (exact) mass is 288 g/mol. The fraction of sp³-hybridized carbons (Fsp3) is 0.833. The van der Waals surface area contributed by atoms with Crippen LogP contribution >= 0.6 is 0 Å². The highest BCUT2D eigenvalue weighted by Gasteiger charge is 2.54. The zero-order valence-corrected chi connectivity index (χ0v) is 12.1. The number of nitrogens with zero attached hydrogens (tertiary/aromatic N) is 1. The molecule has 0 radical (unpaired) electrons. The first-order valence-electron chi connectivity index (χ1n) is 6.58. The van der Waals surface area contributed by atoms with Gasteiger partial charge in [-0.15, -0.1) is 0 Å². The van der Waals surface area contributed by atoms with E-state index >= 15 is 0 Å². The van der Waals surface area contributed by atoms with Gasteiger partial charge in [-0.05, 0) is 18.8 Å². The summed E-state index contributed by atoms with van der Waals surface area (Å²) in [6, 6.07) is -0.456. The Kier molecular flexibility index (Phi) is 3.59. The standard InChI is InChI=1S/C12H20N2O4S/c1-9-5-3-4-6-12(9)10(15)14(11(16)13-12)7-8-19(2,17)18/h9H,3-8H2,1-2H3,(H,13,16). The van der Waals surface area contributed by atoms with Crippen molar-refractivity contribution in [3.05, 3.63) is 0 Å². The molecule has 0 bridgehead atoms. The third-order valence-electron chi connectivity index (χ3n) is 4.19. The molecule has 0 aromatic heterocycles. The average molecular weight is 288 g/mol. The molecule has 1 saturated heterocycles. The summed E-state index contributed by atoms with van der Waals surface area (Å²) in [7, 11) is -3.19. The average Bonchev–Trinajstić information content (AvgIpc) is 2.53. The first-order chi connectivity index (χ1) is 8.76. The minimum absolute atomic E-state index is 0.0576. The lowest BCUT2D eigenvalue weighted by molar-refractivity contribution is -0.134. The van der Waals surface area contributed by atoms with Gasteiger partial charge in [0.05, 0.1) is 5.75 Å². The van der Waals surface area contributed by atoms with Crippen LogP contribution in [-0.4, -0.2) is 49.3 Å². The van der Waals surface area contributed by atoms with Gasteiger partial charge in [0.1, 0.15) is 15.4 Å². The van der Waals surface area contributed by atoms with E-state index in [0.717, 1.165) is 30.4 Å². The molecule has 1 spiro atoms. The van der Waals surface area contributed by atoms with Gasteiger partial charge in [-0.3, -0.25) is 9.69 Å². The van der Waals surface area contributed by atoms with E-state index in [0.29, 0.717) is 6.42 Å². The second-order valence-corrected chi connectivity index (χ2v) is 7.89. The Labute approximate surface area is 113 Å². The first kappa shape index (κ1) is 14.3. The summed E-state index contributed by atoms with van der Waals surface area (Å²) in [6.07, 6.45) is 4.64. The lowest BCUT2D eigenvalue weighted by atomic mass is 9.73. The van der Waals surface area contributed by atoms with Gasteiger partial charge in [-0.1, -0.05) is 19.8 Å². The summed E-state index contributed by atoms with van der Waals surface area (Å²) in [4.78, 5) is 25.4. The summed E-state index contributed by atoms with van der Waals surface area (Å²) in [5.41, 5.74) is -0.799. The van der Waals surface area contributed by atoms with Crippen molar-refractivity contribution in [2.75, 3.05) is 18.6 Å². The van der Waals surface area contributed by atoms with E-state index in [2.05, 4.69) is 5.32 Å². The van der Waals surface area contributed by atoms with E-state index in [4.69, 9.17) is 0 Å². The molecule has 2 aliphatic rings. The van der Waals surface area contributed by atoms with Crippen molar-refractivity contribution in [1.29, 1.82) is 0 Å². The topological polar surface area (TPSA) is 83.6 Å². The Morgan fingerprint density at radius 2 is 2.05 bits per heavy atom. The van der Waals surface area contributed by atoms with Crippen molar-refractivity contribution in [3.8, 4) is 0 Å². The Hall–Kier alpha value is -1.11. The summed E-state index contributed by atoms with van der Waals surface area (Å²) in [6.45, 7) is 1.91. The molecule has 1 aliphatic carbocycles. The summed E-state index contributed by atoms with van der Waals surface area (Å²) in [5, 5.41) is 2.80. The van der Waals surface area contributed by atoms with Crippen molar-refractivity contribution >= 4 is 21.8 Å². The maximum absolute atomic E-state index is 12.5. The van der Waals surface area contributed by atoms with Gasteiger partial charge in [0.25, 0.3) is 5.91 Å². The fourth-order valence-corrected chi connectivity index (χ4v) is 3.47. The van der Waals surface area contributed by atoms with Gasteiger partial charge in [0.15, 0.2) is 0 Å². The van der Waals surface area contributed by atoms with Gasteiger partial charge in [0, 0.05) is 12.8 Å². The molecular weight excluding hydrogens is 268 g/mol. The lowest BCUT2D eigenvalue weighted by Crippen LogP contribution is -2.54. The predicted octanol–water partition coefficient (Wildman–Crippen LogP) is 0.532. The van der Waals surface area contributed by atoms with Crippen LogP contribution in [0.25, 0.3) is 0 Å². The number of hydrogen-bond donors (Lipinski definition) is 1. The van der Waals surface area contributed by atoms with E-state index in [9.17, 15) is 18.0 Å². The lowest BCUT2D eigenvalue weighted by Gasteiger charge is -2.36. The number of hydrogen-bond acceptors (Lipinski definition) is 4. The number of sulfone groups is 1. The molecular formula is C12H20N2O4S. The van der Waals surface area contributed by atoms with Crippen LogP contribution in [0.5, 0.6) is 0 Å². The fourth-order valence-electron chi connectivity index (χ4n) is 2.96. The van der Waals surface area contributed by atoms with Crippen molar-refractivity contribution in [2.45, 2.75) is 38.1 Å². The van der Waals surface area contributed by atoms with E-state index in [1.807, 2.05) is 6.92 Å². The number of amides is 3. The van der Waals surface area contributed by atoms with Crippen molar-refractivity contribution in [3.63, 3.8) is 0 Å². The van der Waals surface area contributed by atoms with Crippen LogP contribution in [0.2, 0.25) is 0 Å². The molecule has 2 rings (SSSR count). The van der Waals surface area contributed by atoms with Gasteiger partial charge < -0.3 is 5.32 Å². The maximum Gasteiger partial charge on any atom is 0.325 e. The number of carbonyl (C=O) groups excluding carboxylic acids is 2. The first-order valence-corrected chi connectivity index (χ1v) is 8.64. The summed E-state index contributed by atoms with van der Waals surface area (Å²) >= 11 is 0. The van der Waals surface area contributed by atoms with Gasteiger partial charge in [0.2, 0.25) is 0 Å². The molecule has 6 nitrogen and oxygen atoms in total. The normalized spacial score (nSPS) is 31.9. The van der Waals surface area contributed by atoms with Crippen molar-refractivity contribution < 1.29 is 18.0 Å². The number of urea groups is 1. The molecule has 1 N–H and O–H groups in total. The van der Waals surface area contributed by atoms with E-state index in [1.165, 1.54) is 0 Å². The Balaban J connectivity index is 2.16. The maximum atomic E-state index is 12.5. The van der Waals surface area contributed by atoms with Crippen LogP contribution in [0.4, 0.5) is 4.79 Å². The van der Waals surface area contributed by atoms with E-state index < -0.39 is 21.4 Å². The van der Waals surface area contributed by atoms with Gasteiger partial charge in [-0.2, -0.15) is 0 Å². The van der Waals surface area contributed by atoms with E-state index in [-0.39, 0.29) is 24.1 Å². The Bertz CT molecular complexity index is 502. The molecule has 108 valence electrons. The van der Waals surface area contributed by atoms with Gasteiger partial charge in [-0.25, -0.2) is 13.2 Å². The quantitative estimate of drug-likeness (QED) is 0.768. The SMILES string of the molecule is CC1CCCCC12NC(=O)N(CCS(C)(=O)=O)C2=O. The number of nitrogens with one attached hydrogen (secondary N) is 1. The predicted molar refractivity (Wildman–Crippen MR) is 70.3 cm³/mol. The smallest absolute Gasteiger partial charge is 0.323 e. The zero-order valence-electron chi connectivity index (χ0n) is 11.3. The molecule has 1 aliphatic heterocycles. The van der Waals surface area contributed by atoms with Crippen LogP contribution in [0.15, 0.2) is 0 Å². The molecule has 3 amide bonds. The molecule has 0 aromatic carbocycles. The van der Waals surface area contributed by atoms with Crippen molar-refractivity contribution in [1.82, 2.24) is 10.2 Å². The number of imide groups is 1. The highest BCUT2D eigenvalue weighted by Crippen LogP contribution is 2.38. The van der Waals surface area contributed by atoms with Crippen LogP contribution in [-0.2, 0) is 14.6 Å². The highest BCUT2D eigenvalue weighted by atomic mass is 32.2. The van der Waals surface area contributed by atoms with Gasteiger partial charge >= 0.3 is 6.03 Å². The van der Waals surface area contributed by atoms with Crippen LogP contribution in [0, 0.1) is 5.92 Å². The molecule has 2 atom stereocenters. The highest BCUT2D eigenvalue weighted by molar-refractivity contribution is 7.90. The summed E-state index contributed by atoms with van der Waals surface area (Å²) in [5.74, 6) is -0.342. The minimum Gasteiger partial charge on any atom is -0.323 e. The second-order valence-electron chi connectivity index (χ2n) is 5.64. The molecule has 1 heterocycles. The third-order valence-corrected chi connectivity index (χ3v) is 5.11. The minimum atomic E-state index is -3.19. The third kappa shape index (κ3) is 2.61. The number of carbonyl (C=O) groups is 2. The second kappa shape index (κ2) is 4.77. The summed E-state index contributed by atoms with van der Waals surface area (Å²) < 4.78 is 22.3. The Morgan fingerprint density at radius 1 is 1.37 bits per heavy atom. The molecule has 0 aromatic rings. The molecule has 2 unspecified atom stereocenters. The zero-order chi connectivity index (χ0) is 14.3. The van der Waals surface area contributed by atoms with Crippen LogP contribution in [0.3, 0.4) is 0 Å². The largest absolute Gasteiger partial charge is 0.325 e. The Morgan fingerprint density at radius 3 is 2.63 bits per heavy atom. The number of rotatable bonds is 3. The molecule has 7 heteroatoms. The van der Waals surface area contributed by atoms with Crippen molar-refractivity contribution in [2.24, 2.45) is 5.92 Å². The molecule has 2 fully saturated rings. The van der Waals surface area contributed by atoms with Crippen LogP contribution in [0.1, 0.15) is 32.6 Å². The van der Waals surface area contributed by atoms with E-state index in [1.54, 1.807) is 0 Å². The molecule has 19 heavy (non-hydrogen) atoms. The molecule has 1 saturated carbocycles. The van der Waals surface area contributed by atoms with Crippen LogP contribution < -0.4 is 5.32 Å².